The molecule has 1 atom stereocenters. The molecule has 1 heterocycles. The summed E-state index contributed by atoms with van der Waals surface area (Å²) in [5, 5.41) is 0. The molecule has 0 saturated heterocycles. The van der Waals surface area contributed by atoms with Crippen LogP contribution in [0.4, 0.5) is 0 Å². The zero-order chi connectivity index (χ0) is 20.2. The molecule has 2 aromatic carbocycles. The van der Waals surface area contributed by atoms with Gasteiger partial charge >= 0.3 is 0 Å². The Labute approximate surface area is 171 Å². The van der Waals surface area contributed by atoms with Crippen molar-refractivity contribution in [3.8, 4) is 17.1 Å². The van der Waals surface area contributed by atoms with Gasteiger partial charge in [0, 0.05) is 30.5 Å². The minimum Gasteiger partial charge on any atom is -0.497 e. The van der Waals surface area contributed by atoms with Gasteiger partial charge in [0.25, 0.3) is 5.91 Å². The number of benzene rings is 2. The van der Waals surface area contributed by atoms with Gasteiger partial charge in [-0.2, -0.15) is 0 Å². The van der Waals surface area contributed by atoms with Crippen LogP contribution in [-0.4, -0.2) is 33.9 Å². The number of hydrogen-bond donors (Lipinski definition) is 0. The second kappa shape index (κ2) is 8.43. The Hall–Kier alpha value is -3.21. The van der Waals surface area contributed by atoms with E-state index in [-0.39, 0.29) is 11.9 Å². The fourth-order valence-electron chi connectivity index (χ4n) is 3.50. The highest BCUT2D eigenvalue weighted by Gasteiger charge is 2.34. The van der Waals surface area contributed by atoms with Gasteiger partial charge in [-0.15, -0.1) is 0 Å². The average Bonchev–Trinajstić information content (AvgIpc) is 3.63. The molecule has 29 heavy (non-hydrogen) atoms. The van der Waals surface area contributed by atoms with E-state index in [1.54, 1.807) is 19.5 Å². The highest BCUT2D eigenvalue weighted by molar-refractivity contribution is 5.94. The summed E-state index contributed by atoms with van der Waals surface area (Å²) in [6.45, 7) is 2.69. The summed E-state index contributed by atoms with van der Waals surface area (Å²) < 4.78 is 5.24. The Kier molecular flexibility index (Phi) is 5.56. The summed E-state index contributed by atoms with van der Waals surface area (Å²) in [5.74, 6) is 1.98. The Morgan fingerprint density at radius 2 is 1.72 bits per heavy atom. The zero-order valence-electron chi connectivity index (χ0n) is 16.8. The molecular weight excluding hydrogens is 362 g/mol. The van der Waals surface area contributed by atoms with Crippen molar-refractivity contribution in [2.24, 2.45) is 5.92 Å². The van der Waals surface area contributed by atoms with Crippen molar-refractivity contribution in [1.29, 1.82) is 0 Å². The van der Waals surface area contributed by atoms with E-state index in [1.165, 1.54) is 12.8 Å². The second-order valence-electron chi connectivity index (χ2n) is 7.52. The summed E-state index contributed by atoms with van der Waals surface area (Å²) in [5.41, 5.74) is 2.53. The molecule has 5 nitrogen and oxygen atoms in total. The number of carbonyl (C=O) groups is 1. The SMILES string of the molecule is COc1ccc(CN(C(=O)c2cnc(-c3ccccc3)nc2)C(C)C2CC2)cc1. The molecule has 1 aromatic heterocycles. The minimum absolute atomic E-state index is 0.0279. The topological polar surface area (TPSA) is 55.3 Å². The Balaban J connectivity index is 1.55. The van der Waals surface area contributed by atoms with Gasteiger partial charge in [0.2, 0.25) is 0 Å². The molecule has 0 N–H and O–H groups in total. The molecule has 0 spiro atoms. The highest BCUT2D eigenvalue weighted by Crippen LogP contribution is 2.36. The number of carbonyl (C=O) groups excluding carboxylic acids is 1. The first kappa shape index (κ1) is 19.1. The van der Waals surface area contributed by atoms with E-state index in [2.05, 4.69) is 16.9 Å². The predicted octanol–water partition coefficient (Wildman–Crippen LogP) is 4.59. The fraction of sp³-hybridized carbons (Fsp3) is 0.292. The zero-order valence-corrected chi connectivity index (χ0v) is 16.8. The Bertz CT molecular complexity index is 952. The third-order valence-corrected chi connectivity index (χ3v) is 5.50. The molecule has 1 saturated carbocycles. The normalized spacial score (nSPS) is 14.3. The van der Waals surface area contributed by atoms with E-state index in [9.17, 15) is 4.79 Å². The summed E-state index contributed by atoms with van der Waals surface area (Å²) in [7, 11) is 1.65. The van der Waals surface area contributed by atoms with Gasteiger partial charge in [0.15, 0.2) is 5.82 Å². The lowest BCUT2D eigenvalue weighted by Gasteiger charge is -2.29. The van der Waals surface area contributed by atoms with Gasteiger partial charge in [0.05, 0.1) is 12.7 Å². The van der Waals surface area contributed by atoms with Crippen molar-refractivity contribution in [3.05, 3.63) is 78.1 Å². The lowest BCUT2D eigenvalue weighted by atomic mass is 10.1. The van der Waals surface area contributed by atoms with Gasteiger partial charge in [0.1, 0.15) is 5.75 Å². The lowest BCUT2D eigenvalue weighted by molar-refractivity contribution is 0.0653. The molecule has 0 aliphatic heterocycles. The standard InChI is InChI=1S/C24H25N3O2/c1-17(19-10-11-19)27(16-18-8-12-22(29-2)13-9-18)24(28)21-14-25-23(26-15-21)20-6-4-3-5-7-20/h3-9,12-15,17,19H,10-11,16H2,1-2H3. The van der Waals surface area contributed by atoms with E-state index in [4.69, 9.17) is 4.74 Å². The highest BCUT2D eigenvalue weighted by atomic mass is 16.5. The predicted molar refractivity (Wildman–Crippen MR) is 113 cm³/mol. The first-order chi connectivity index (χ1) is 14.2. The monoisotopic (exact) mass is 387 g/mol. The molecule has 3 aromatic rings. The van der Waals surface area contributed by atoms with Crippen molar-refractivity contribution in [2.45, 2.75) is 32.4 Å². The smallest absolute Gasteiger partial charge is 0.257 e. The summed E-state index contributed by atoms with van der Waals surface area (Å²) >= 11 is 0. The van der Waals surface area contributed by atoms with E-state index >= 15 is 0 Å². The fourth-order valence-corrected chi connectivity index (χ4v) is 3.50. The van der Waals surface area contributed by atoms with Crippen LogP contribution in [0.3, 0.4) is 0 Å². The third-order valence-electron chi connectivity index (χ3n) is 5.50. The molecule has 0 radical (unpaired) electrons. The van der Waals surface area contributed by atoms with Crippen LogP contribution >= 0.6 is 0 Å². The number of rotatable bonds is 7. The van der Waals surface area contributed by atoms with Gasteiger partial charge in [-0.1, -0.05) is 42.5 Å². The van der Waals surface area contributed by atoms with Gasteiger partial charge < -0.3 is 9.64 Å². The van der Waals surface area contributed by atoms with Gasteiger partial charge in [-0.3, -0.25) is 4.79 Å². The van der Waals surface area contributed by atoms with Crippen molar-refractivity contribution in [3.63, 3.8) is 0 Å². The third kappa shape index (κ3) is 4.45. The molecule has 1 fully saturated rings. The van der Waals surface area contributed by atoms with Crippen LogP contribution < -0.4 is 4.74 Å². The summed E-state index contributed by atoms with van der Waals surface area (Å²) in [6.07, 6.45) is 5.63. The Morgan fingerprint density at radius 3 is 2.31 bits per heavy atom. The van der Waals surface area contributed by atoms with E-state index in [1.807, 2.05) is 59.5 Å². The Morgan fingerprint density at radius 1 is 1.07 bits per heavy atom. The molecular formula is C24H25N3O2. The molecule has 1 aliphatic carbocycles. The van der Waals surface area contributed by atoms with Crippen LogP contribution in [0.15, 0.2) is 67.0 Å². The van der Waals surface area contributed by atoms with E-state index in [0.29, 0.717) is 23.9 Å². The van der Waals surface area contributed by atoms with Gasteiger partial charge in [-0.25, -0.2) is 9.97 Å². The maximum Gasteiger partial charge on any atom is 0.257 e. The minimum atomic E-state index is -0.0279. The first-order valence-electron chi connectivity index (χ1n) is 9.97. The number of methoxy groups -OCH3 is 1. The van der Waals surface area contributed by atoms with Crippen LogP contribution in [0.25, 0.3) is 11.4 Å². The van der Waals surface area contributed by atoms with E-state index < -0.39 is 0 Å². The maximum absolute atomic E-state index is 13.3. The van der Waals surface area contributed by atoms with Crippen LogP contribution in [-0.2, 0) is 6.54 Å². The molecule has 1 unspecified atom stereocenters. The number of aromatic nitrogens is 2. The largest absolute Gasteiger partial charge is 0.497 e. The average molecular weight is 387 g/mol. The molecule has 4 rings (SSSR count). The number of nitrogens with zero attached hydrogens (tertiary/aromatic N) is 3. The van der Waals surface area contributed by atoms with Gasteiger partial charge in [-0.05, 0) is 43.4 Å². The molecule has 148 valence electrons. The summed E-state index contributed by atoms with van der Waals surface area (Å²) in [4.78, 5) is 24.1. The van der Waals surface area contributed by atoms with Crippen molar-refractivity contribution in [2.75, 3.05) is 7.11 Å². The van der Waals surface area contributed by atoms with Crippen molar-refractivity contribution in [1.82, 2.24) is 14.9 Å². The quantitative estimate of drug-likeness (QED) is 0.595. The van der Waals surface area contributed by atoms with Crippen LogP contribution in [0.2, 0.25) is 0 Å². The molecule has 1 amide bonds. The van der Waals surface area contributed by atoms with Crippen molar-refractivity contribution >= 4 is 5.91 Å². The van der Waals surface area contributed by atoms with Crippen LogP contribution in [0, 0.1) is 5.92 Å². The second-order valence-corrected chi connectivity index (χ2v) is 7.52. The van der Waals surface area contributed by atoms with E-state index in [0.717, 1.165) is 16.9 Å². The number of hydrogen-bond acceptors (Lipinski definition) is 4. The molecule has 0 bridgehead atoms. The summed E-state index contributed by atoms with van der Waals surface area (Å²) in [6, 6.07) is 17.8. The van der Waals surface area contributed by atoms with Crippen molar-refractivity contribution < 1.29 is 9.53 Å². The van der Waals surface area contributed by atoms with Crippen LogP contribution in [0.1, 0.15) is 35.7 Å². The van der Waals surface area contributed by atoms with Crippen LogP contribution in [0.5, 0.6) is 5.75 Å². The first-order valence-corrected chi connectivity index (χ1v) is 9.97. The maximum atomic E-state index is 13.3. The molecule has 1 aliphatic rings. The lowest BCUT2D eigenvalue weighted by Crippen LogP contribution is -2.39. The molecule has 5 heteroatoms. The number of ether oxygens (including phenoxy) is 1. The number of amides is 1.